The second kappa shape index (κ2) is 5.56. The minimum atomic E-state index is -0.491. The van der Waals surface area contributed by atoms with Gasteiger partial charge in [0.2, 0.25) is 0 Å². The molecule has 18 heavy (non-hydrogen) atoms. The van der Waals surface area contributed by atoms with E-state index in [0.717, 1.165) is 13.0 Å². The fraction of sp³-hybridized carbons (Fsp3) is 0.929. The van der Waals surface area contributed by atoms with E-state index in [4.69, 9.17) is 14.7 Å². The first kappa shape index (κ1) is 13.8. The molecule has 0 aliphatic carbocycles. The lowest BCUT2D eigenvalue weighted by Gasteiger charge is -2.41. The van der Waals surface area contributed by atoms with Gasteiger partial charge in [-0.2, -0.15) is 5.26 Å². The van der Waals surface area contributed by atoms with Crippen molar-refractivity contribution in [3.05, 3.63) is 0 Å². The van der Waals surface area contributed by atoms with Crippen LogP contribution in [0.25, 0.3) is 0 Å². The monoisotopic (exact) mass is 252 g/mol. The lowest BCUT2D eigenvalue weighted by molar-refractivity contribution is -0.202. The van der Waals surface area contributed by atoms with Crippen molar-refractivity contribution in [2.45, 2.75) is 58.0 Å². The van der Waals surface area contributed by atoms with Gasteiger partial charge in [-0.1, -0.05) is 0 Å². The smallest absolute Gasteiger partial charge is 0.170 e. The van der Waals surface area contributed by atoms with E-state index in [1.54, 1.807) is 0 Å². The molecule has 4 nitrogen and oxygen atoms in total. The average molecular weight is 252 g/mol. The minimum absolute atomic E-state index is 0.0468. The topological polar surface area (TPSA) is 45.5 Å². The second-order valence-electron chi connectivity index (χ2n) is 5.86. The van der Waals surface area contributed by atoms with Crippen molar-refractivity contribution >= 4 is 0 Å². The van der Waals surface area contributed by atoms with E-state index >= 15 is 0 Å². The first-order valence-electron chi connectivity index (χ1n) is 6.98. The lowest BCUT2D eigenvalue weighted by Crippen LogP contribution is -2.49. The highest BCUT2D eigenvalue weighted by molar-refractivity contribution is 4.90. The van der Waals surface area contributed by atoms with Crippen molar-refractivity contribution in [2.24, 2.45) is 5.92 Å². The van der Waals surface area contributed by atoms with Gasteiger partial charge in [-0.15, -0.1) is 0 Å². The van der Waals surface area contributed by atoms with Gasteiger partial charge < -0.3 is 14.4 Å². The van der Waals surface area contributed by atoms with E-state index in [0.29, 0.717) is 25.0 Å². The van der Waals surface area contributed by atoms with Crippen molar-refractivity contribution in [1.82, 2.24) is 4.90 Å². The molecule has 2 aliphatic heterocycles. The number of nitriles is 1. The van der Waals surface area contributed by atoms with Crippen LogP contribution in [-0.4, -0.2) is 42.5 Å². The summed E-state index contributed by atoms with van der Waals surface area (Å²) in [5.41, 5.74) is 0. The summed E-state index contributed by atoms with van der Waals surface area (Å²) in [6.07, 6.45) is 2.73. The molecule has 2 aliphatic rings. The van der Waals surface area contributed by atoms with Gasteiger partial charge in [-0.25, -0.2) is 0 Å². The highest BCUT2D eigenvalue weighted by Gasteiger charge is 2.45. The molecule has 102 valence electrons. The highest BCUT2D eigenvalue weighted by atomic mass is 16.7. The van der Waals surface area contributed by atoms with E-state index in [2.05, 4.69) is 24.8 Å². The SMILES string of the molecule is CC(C)N1CCCC(C2(C)OCC(CC#N)O2)C1. The maximum Gasteiger partial charge on any atom is 0.170 e. The molecule has 0 spiro atoms. The van der Waals surface area contributed by atoms with Crippen LogP contribution in [0.4, 0.5) is 0 Å². The highest BCUT2D eigenvalue weighted by Crippen LogP contribution is 2.37. The molecule has 0 aromatic rings. The first-order chi connectivity index (χ1) is 8.55. The Morgan fingerprint density at radius 3 is 2.94 bits per heavy atom. The summed E-state index contributed by atoms with van der Waals surface area (Å²) in [6.45, 7) is 9.28. The Morgan fingerprint density at radius 2 is 2.28 bits per heavy atom. The van der Waals surface area contributed by atoms with Gasteiger partial charge in [0.1, 0.15) is 0 Å². The van der Waals surface area contributed by atoms with Gasteiger partial charge in [0.25, 0.3) is 0 Å². The van der Waals surface area contributed by atoms with Crippen molar-refractivity contribution in [3.63, 3.8) is 0 Å². The molecule has 4 heteroatoms. The molecule has 2 rings (SSSR count). The zero-order valence-corrected chi connectivity index (χ0v) is 11.7. The van der Waals surface area contributed by atoms with Crippen LogP contribution in [0.2, 0.25) is 0 Å². The van der Waals surface area contributed by atoms with Crippen LogP contribution in [0.5, 0.6) is 0 Å². The Bertz CT molecular complexity index is 326. The third-order valence-electron chi connectivity index (χ3n) is 4.20. The number of hydrogen-bond donors (Lipinski definition) is 0. The Morgan fingerprint density at radius 1 is 1.50 bits per heavy atom. The zero-order valence-electron chi connectivity index (χ0n) is 11.7. The fourth-order valence-corrected chi connectivity index (χ4v) is 2.98. The summed E-state index contributed by atoms with van der Waals surface area (Å²) in [5, 5.41) is 8.73. The van der Waals surface area contributed by atoms with Gasteiger partial charge >= 0.3 is 0 Å². The van der Waals surface area contributed by atoms with E-state index in [9.17, 15) is 0 Å². The molecule has 0 N–H and O–H groups in total. The van der Waals surface area contributed by atoms with Crippen LogP contribution in [0.15, 0.2) is 0 Å². The number of rotatable bonds is 3. The lowest BCUT2D eigenvalue weighted by atomic mass is 9.90. The third kappa shape index (κ3) is 2.85. The summed E-state index contributed by atoms with van der Waals surface area (Å²) < 4.78 is 11.9. The van der Waals surface area contributed by atoms with E-state index in [1.165, 1.54) is 13.0 Å². The van der Waals surface area contributed by atoms with Crippen LogP contribution < -0.4 is 0 Å². The summed E-state index contributed by atoms with van der Waals surface area (Å²) in [7, 11) is 0. The first-order valence-corrected chi connectivity index (χ1v) is 6.98. The van der Waals surface area contributed by atoms with E-state index in [1.807, 2.05) is 6.92 Å². The standard InChI is InChI=1S/C14H24N2O2/c1-11(2)16-8-4-5-12(9-16)14(3)17-10-13(18-14)6-7-15/h11-13H,4-6,8-10H2,1-3H3. The zero-order chi connectivity index (χ0) is 13.2. The molecule has 0 aromatic heterocycles. The van der Waals surface area contributed by atoms with Crippen LogP contribution >= 0.6 is 0 Å². The molecule has 0 amide bonds. The largest absolute Gasteiger partial charge is 0.347 e. The summed E-state index contributed by atoms with van der Waals surface area (Å²) >= 11 is 0. The van der Waals surface area contributed by atoms with Crippen molar-refractivity contribution < 1.29 is 9.47 Å². The summed E-state index contributed by atoms with van der Waals surface area (Å²) in [4.78, 5) is 2.49. The van der Waals surface area contributed by atoms with Crippen molar-refractivity contribution in [1.29, 1.82) is 5.26 Å². The number of ether oxygens (including phenoxy) is 2. The van der Waals surface area contributed by atoms with Gasteiger partial charge in [0, 0.05) is 18.5 Å². The van der Waals surface area contributed by atoms with Crippen LogP contribution in [0, 0.1) is 17.2 Å². The number of nitrogens with zero attached hydrogens (tertiary/aromatic N) is 2. The molecular weight excluding hydrogens is 228 g/mol. The Kier molecular flexibility index (Phi) is 4.26. The molecule has 0 saturated carbocycles. The molecule has 3 unspecified atom stereocenters. The average Bonchev–Trinajstić information content (AvgIpc) is 2.73. The van der Waals surface area contributed by atoms with Crippen molar-refractivity contribution in [2.75, 3.05) is 19.7 Å². The molecule has 0 bridgehead atoms. The Balaban J connectivity index is 1.96. The van der Waals surface area contributed by atoms with Crippen LogP contribution in [0.3, 0.4) is 0 Å². The molecule has 0 aromatic carbocycles. The second-order valence-corrected chi connectivity index (χ2v) is 5.86. The Labute approximate surface area is 110 Å². The summed E-state index contributed by atoms with van der Waals surface area (Å²) in [5.74, 6) is -0.0768. The normalized spacial score (nSPS) is 37.9. The van der Waals surface area contributed by atoms with E-state index in [-0.39, 0.29) is 6.10 Å². The maximum atomic E-state index is 8.73. The predicted octanol–water partition coefficient (Wildman–Crippen LogP) is 2.15. The van der Waals surface area contributed by atoms with Crippen LogP contribution in [0.1, 0.15) is 40.0 Å². The summed E-state index contributed by atoms with van der Waals surface area (Å²) in [6, 6.07) is 2.74. The van der Waals surface area contributed by atoms with Crippen molar-refractivity contribution in [3.8, 4) is 6.07 Å². The molecular formula is C14H24N2O2. The van der Waals surface area contributed by atoms with E-state index < -0.39 is 5.79 Å². The molecule has 2 heterocycles. The molecule has 0 radical (unpaired) electrons. The quantitative estimate of drug-likeness (QED) is 0.772. The molecule has 3 atom stereocenters. The number of hydrogen-bond acceptors (Lipinski definition) is 4. The minimum Gasteiger partial charge on any atom is -0.347 e. The third-order valence-corrected chi connectivity index (χ3v) is 4.20. The number of likely N-dealkylation sites (tertiary alicyclic amines) is 1. The predicted molar refractivity (Wildman–Crippen MR) is 68.9 cm³/mol. The maximum absolute atomic E-state index is 8.73. The Hall–Kier alpha value is -0.630. The van der Waals surface area contributed by atoms with Gasteiger partial charge in [-0.05, 0) is 40.2 Å². The fourth-order valence-electron chi connectivity index (χ4n) is 2.98. The number of piperidine rings is 1. The molecule has 2 fully saturated rings. The van der Waals surface area contributed by atoms with Gasteiger partial charge in [-0.3, -0.25) is 0 Å². The van der Waals surface area contributed by atoms with Gasteiger partial charge in [0.05, 0.1) is 25.2 Å². The van der Waals surface area contributed by atoms with Gasteiger partial charge in [0.15, 0.2) is 5.79 Å². The molecule has 2 saturated heterocycles. The van der Waals surface area contributed by atoms with Crippen LogP contribution in [-0.2, 0) is 9.47 Å².